The molecule has 3 heterocycles. The van der Waals surface area contributed by atoms with E-state index >= 15 is 0 Å². The molecule has 1 atom stereocenters. The van der Waals surface area contributed by atoms with Gasteiger partial charge in [-0.05, 0) is 38.0 Å². The summed E-state index contributed by atoms with van der Waals surface area (Å²) in [6.45, 7) is 3.03. The molecule has 1 saturated heterocycles. The average molecular weight is 409 g/mol. The molecule has 2 aliphatic rings. The number of rotatable bonds is 3. The van der Waals surface area contributed by atoms with Crippen LogP contribution in [0, 0.1) is 11.8 Å². The number of fused-ring (bicyclic) bond motifs is 1. The molecule has 0 aliphatic carbocycles. The number of esters is 1. The van der Waals surface area contributed by atoms with Gasteiger partial charge in [-0.25, -0.2) is 4.79 Å². The van der Waals surface area contributed by atoms with Gasteiger partial charge in [-0.3, -0.25) is 4.79 Å². The van der Waals surface area contributed by atoms with Crippen LogP contribution < -0.4 is 4.74 Å². The first-order chi connectivity index (χ1) is 14.4. The van der Waals surface area contributed by atoms with Gasteiger partial charge in [0.05, 0.1) is 18.9 Å². The lowest BCUT2D eigenvalue weighted by Gasteiger charge is -2.15. The molecule has 1 aromatic carbocycles. The summed E-state index contributed by atoms with van der Waals surface area (Å²) in [4.78, 5) is 25.9. The molecule has 156 valence electrons. The minimum atomic E-state index is -1.66. The van der Waals surface area contributed by atoms with E-state index in [0.717, 1.165) is 12.0 Å². The molecule has 0 saturated carbocycles. The number of carbonyl (C=O) groups excluding carboxylic acids is 2. The average Bonchev–Trinajstić information content (AvgIpc) is 3.27. The Balaban J connectivity index is 1.69. The number of likely N-dealkylation sites (N-methyl/N-ethyl adjacent to an activating group) is 1. The van der Waals surface area contributed by atoms with Crippen LogP contribution in [-0.2, 0) is 16.0 Å². The van der Waals surface area contributed by atoms with E-state index in [9.17, 15) is 14.7 Å². The van der Waals surface area contributed by atoms with Crippen molar-refractivity contribution in [1.29, 1.82) is 0 Å². The second kappa shape index (κ2) is 7.84. The van der Waals surface area contributed by atoms with Gasteiger partial charge in [-0.15, -0.1) is 0 Å². The monoisotopic (exact) mass is 409 g/mol. The van der Waals surface area contributed by atoms with Gasteiger partial charge in [-0.1, -0.05) is 17.9 Å². The summed E-state index contributed by atoms with van der Waals surface area (Å²) in [5.41, 5.74) is 0.621. The molecule has 0 radical (unpaired) electrons. The number of hydrogen-bond donors (Lipinski definition) is 1. The summed E-state index contributed by atoms with van der Waals surface area (Å²) in [7, 11) is 1.64. The Bertz CT molecular complexity index is 1060. The second-order valence-electron chi connectivity index (χ2n) is 7.35. The van der Waals surface area contributed by atoms with Crippen molar-refractivity contribution in [1.82, 2.24) is 14.7 Å². The molecule has 0 bridgehead atoms. The fourth-order valence-corrected chi connectivity index (χ4v) is 3.63. The van der Waals surface area contributed by atoms with Crippen LogP contribution in [0.25, 0.3) is 5.69 Å². The van der Waals surface area contributed by atoms with Gasteiger partial charge in [0, 0.05) is 31.1 Å². The van der Waals surface area contributed by atoms with Gasteiger partial charge in [0.15, 0.2) is 5.69 Å². The van der Waals surface area contributed by atoms with Crippen molar-refractivity contribution >= 4 is 11.9 Å². The molecule has 4 rings (SSSR count). The Labute approximate surface area is 174 Å². The van der Waals surface area contributed by atoms with Crippen molar-refractivity contribution in [2.75, 3.05) is 26.8 Å². The standard InChI is InChI=1S/C22H23N3O5/c1-3-29-20(26)18-17-8-5-13-30-19(17)25(23-18)16-7-4-6-15(14-16)9-10-22(28)11-12-24(2)21(22)27/h4,6-7,14,28H,3,5,8,11-13H2,1-2H3/t22-/m0/s1. The van der Waals surface area contributed by atoms with E-state index in [0.29, 0.717) is 36.7 Å². The first-order valence-corrected chi connectivity index (χ1v) is 9.96. The fourth-order valence-electron chi connectivity index (χ4n) is 3.63. The molecule has 1 N–H and O–H groups in total. The molecule has 0 unspecified atom stereocenters. The number of ether oxygens (including phenoxy) is 2. The summed E-state index contributed by atoms with van der Waals surface area (Å²) < 4.78 is 12.5. The maximum Gasteiger partial charge on any atom is 0.359 e. The van der Waals surface area contributed by atoms with E-state index in [2.05, 4.69) is 16.9 Å². The van der Waals surface area contributed by atoms with Crippen LogP contribution in [0.4, 0.5) is 0 Å². The van der Waals surface area contributed by atoms with E-state index < -0.39 is 11.6 Å². The molecule has 2 aliphatic heterocycles. The summed E-state index contributed by atoms with van der Waals surface area (Å²) in [6.07, 6.45) is 1.77. The molecule has 30 heavy (non-hydrogen) atoms. The minimum Gasteiger partial charge on any atom is -0.477 e. The third kappa shape index (κ3) is 3.53. The molecule has 8 heteroatoms. The maximum absolute atomic E-state index is 12.3. The van der Waals surface area contributed by atoms with Crippen molar-refractivity contribution < 1.29 is 24.2 Å². The smallest absolute Gasteiger partial charge is 0.359 e. The lowest BCUT2D eigenvalue weighted by molar-refractivity contribution is -0.137. The highest BCUT2D eigenvalue weighted by atomic mass is 16.5. The van der Waals surface area contributed by atoms with Crippen molar-refractivity contribution in [3.8, 4) is 23.4 Å². The summed E-state index contributed by atoms with van der Waals surface area (Å²) >= 11 is 0. The van der Waals surface area contributed by atoms with Crippen LogP contribution in [0.15, 0.2) is 24.3 Å². The molecular weight excluding hydrogens is 386 g/mol. The first-order valence-electron chi connectivity index (χ1n) is 9.96. The third-order valence-corrected chi connectivity index (χ3v) is 5.23. The highest BCUT2D eigenvalue weighted by Crippen LogP contribution is 2.31. The van der Waals surface area contributed by atoms with Crippen LogP contribution in [0.2, 0.25) is 0 Å². The molecule has 1 amide bonds. The van der Waals surface area contributed by atoms with E-state index in [4.69, 9.17) is 9.47 Å². The Morgan fingerprint density at radius 1 is 1.43 bits per heavy atom. The van der Waals surface area contributed by atoms with E-state index in [-0.39, 0.29) is 24.6 Å². The van der Waals surface area contributed by atoms with Gasteiger partial charge in [0.1, 0.15) is 0 Å². The zero-order valence-electron chi connectivity index (χ0n) is 17.0. The Morgan fingerprint density at radius 3 is 3.00 bits per heavy atom. The molecule has 1 fully saturated rings. The lowest BCUT2D eigenvalue weighted by atomic mass is 10.0. The molecule has 0 spiro atoms. The highest BCUT2D eigenvalue weighted by Gasteiger charge is 2.42. The largest absolute Gasteiger partial charge is 0.477 e. The highest BCUT2D eigenvalue weighted by molar-refractivity contribution is 5.91. The topological polar surface area (TPSA) is 93.9 Å². The van der Waals surface area contributed by atoms with Crippen molar-refractivity contribution in [2.24, 2.45) is 0 Å². The van der Waals surface area contributed by atoms with Crippen molar-refractivity contribution in [3.63, 3.8) is 0 Å². The number of hydrogen-bond acceptors (Lipinski definition) is 6. The predicted molar refractivity (Wildman–Crippen MR) is 107 cm³/mol. The summed E-state index contributed by atoms with van der Waals surface area (Å²) in [5, 5.41) is 15.0. The van der Waals surface area contributed by atoms with Crippen LogP contribution >= 0.6 is 0 Å². The van der Waals surface area contributed by atoms with E-state index in [1.54, 1.807) is 36.9 Å². The Kier molecular flexibility index (Phi) is 5.22. The number of likely N-dealkylation sites (tertiary alicyclic amines) is 1. The molecule has 8 nitrogen and oxygen atoms in total. The van der Waals surface area contributed by atoms with Crippen molar-refractivity contribution in [2.45, 2.75) is 31.8 Å². The Hall–Kier alpha value is -3.31. The normalized spacial score (nSPS) is 20.2. The number of aliphatic hydroxyl groups is 1. The van der Waals surface area contributed by atoms with Gasteiger partial charge in [-0.2, -0.15) is 9.78 Å². The zero-order chi connectivity index (χ0) is 21.3. The molecule has 1 aromatic heterocycles. The number of aromatic nitrogens is 2. The van der Waals surface area contributed by atoms with E-state index in [1.165, 1.54) is 4.90 Å². The Morgan fingerprint density at radius 2 is 2.27 bits per heavy atom. The van der Waals surface area contributed by atoms with Gasteiger partial charge in [0.2, 0.25) is 11.5 Å². The van der Waals surface area contributed by atoms with Crippen LogP contribution in [0.1, 0.15) is 41.4 Å². The minimum absolute atomic E-state index is 0.261. The number of nitrogens with zero attached hydrogens (tertiary/aromatic N) is 3. The van der Waals surface area contributed by atoms with Gasteiger partial charge in [0.25, 0.3) is 5.91 Å². The van der Waals surface area contributed by atoms with E-state index in [1.807, 2.05) is 6.07 Å². The summed E-state index contributed by atoms with van der Waals surface area (Å²) in [6, 6.07) is 7.19. The van der Waals surface area contributed by atoms with Crippen LogP contribution in [-0.4, -0.2) is 64.1 Å². The third-order valence-electron chi connectivity index (χ3n) is 5.23. The van der Waals surface area contributed by atoms with Crippen LogP contribution in [0.3, 0.4) is 0 Å². The predicted octanol–water partition coefficient (Wildman–Crippen LogP) is 1.32. The van der Waals surface area contributed by atoms with Crippen LogP contribution in [0.5, 0.6) is 5.88 Å². The van der Waals surface area contributed by atoms with Gasteiger partial charge >= 0.3 is 5.97 Å². The summed E-state index contributed by atoms with van der Waals surface area (Å²) in [5.74, 6) is 5.28. The SMILES string of the molecule is CCOC(=O)c1nn(-c2cccc(C#C[C@]3(O)CCN(C)C3=O)c2)c2c1CCCO2. The maximum atomic E-state index is 12.3. The second-order valence-corrected chi connectivity index (χ2v) is 7.35. The molecule has 2 aromatic rings. The quantitative estimate of drug-likeness (QED) is 0.607. The fraction of sp³-hybridized carbons (Fsp3) is 0.409. The lowest BCUT2D eigenvalue weighted by Crippen LogP contribution is -2.37. The zero-order valence-corrected chi connectivity index (χ0v) is 17.0. The number of benzene rings is 1. The number of carbonyl (C=O) groups is 2. The van der Waals surface area contributed by atoms with Crippen molar-refractivity contribution in [3.05, 3.63) is 41.1 Å². The van der Waals surface area contributed by atoms with Gasteiger partial charge < -0.3 is 19.5 Å². The number of amides is 1. The first kappa shape index (κ1) is 20.0. The molecular formula is C22H23N3O5.